The Morgan fingerprint density at radius 1 is 0.507 bits per heavy atom. The van der Waals surface area contributed by atoms with E-state index in [0.717, 1.165) is 75.8 Å². The van der Waals surface area contributed by atoms with Crippen molar-refractivity contribution < 1.29 is 28.6 Å². The fourth-order valence-electron chi connectivity index (χ4n) is 8.72. The molecule has 2 rings (SSSR count). The van der Waals surface area contributed by atoms with Crippen molar-refractivity contribution in [2.75, 3.05) is 52.5 Å². The van der Waals surface area contributed by atoms with Crippen molar-refractivity contribution in [1.82, 2.24) is 20.2 Å². The molecule has 0 aliphatic carbocycles. The highest BCUT2D eigenvalue weighted by Crippen LogP contribution is 2.15. The number of aliphatic imine (C=N–C) groups is 1. The first-order valence-electron chi connectivity index (χ1n) is 29.6. The highest BCUT2D eigenvalue weighted by molar-refractivity contribution is 5.70. The zero-order valence-corrected chi connectivity index (χ0v) is 45.8. The molecule has 0 saturated carbocycles. The molecule has 2 heterocycles. The van der Waals surface area contributed by atoms with E-state index in [-0.39, 0.29) is 25.3 Å². The van der Waals surface area contributed by atoms with Crippen LogP contribution in [0.2, 0.25) is 0 Å². The number of unbranched alkanes of at least 4 members (excludes halogenated alkanes) is 30. The molecule has 11 nitrogen and oxygen atoms in total. The summed E-state index contributed by atoms with van der Waals surface area (Å²) in [4.78, 5) is 50.1. The third-order valence-corrected chi connectivity index (χ3v) is 13.3. The van der Waals surface area contributed by atoms with E-state index >= 15 is 0 Å². The van der Waals surface area contributed by atoms with E-state index in [1.54, 1.807) is 6.33 Å². The van der Waals surface area contributed by atoms with Gasteiger partial charge in [-0.25, -0.2) is 4.98 Å². The van der Waals surface area contributed by atoms with Gasteiger partial charge in [0.25, 0.3) is 0 Å². The molecule has 1 aliphatic rings. The second-order valence-electron chi connectivity index (χ2n) is 19.9. The van der Waals surface area contributed by atoms with Crippen molar-refractivity contribution in [3.8, 4) is 0 Å². The number of nitrogens with zero attached hydrogens (tertiary/aromatic N) is 3. The molecule has 0 radical (unpaired) electrons. The summed E-state index contributed by atoms with van der Waals surface area (Å²) in [7, 11) is 0. The predicted molar refractivity (Wildman–Crippen MR) is 300 cm³/mol. The Balaban J connectivity index is 0.00000155. The van der Waals surface area contributed by atoms with Crippen LogP contribution in [-0.4, -0.2) is 91.5 Å². The molecule has 0 amide bonds. The number of carbonyl (C=O) groups excluding carboxylic acids is 3. The van der Waals surface area contributed by atoms with Crippen LogP contribution in [0.3, 0.4) is 0 Å². The van der Waals surface area contributed by atoms with Gasteiger partial charge in [0.05, 0.1) is 45.4 Å². The molecule has 71 heavy (non-hydrogen) atoms. The molecule has 1 aliphatic heterocycles. The third-order valence-electron chi connectivity index (χ3n) is 13.3. The van der Waals surface area contributed by atoms with E-state index in [0.29, 0.717) is 58.7 Å². The molecule has 0 saturated heterocycles. The van der Waals surface area contributed by atoms with Crippen molar-refractivity contribution in [3.05, 3.63) is 30.0 Å². The monoisotopic (exact) mass is 1000 g/mol. The standard InChI is InChI=1S/C37H69N3O4.C22H40N2O2.CH4/c1-3-5-7-9-11-13-15-17-19-21-23-31-43-36(41)26-29-40(28-25-35-33-38-34-39-35)30-27-37(42)44-32-24-22-20-18-16-14-12-10-8-6-4-2;1-2-3-4-5-6-7-8-9-10-11-12-20-26-22(25)16-19-23-18-15-21-14-13-17-24-21;/h33-34H,3-32H2,1-2H3,(H,38,39);14,17,23H,2-13,15-16,18-20H2,1H3;1H4. The van der Waals surface area contributed by atoms with Gasteiger partial charge in [-0.1, -0.05) is 227 Å². The van der Waals surface area contributed by atoms with E-state index < -0.39 is 0 Å². The van der Waals surface area contributed by atoms with Gasteiger partial charge in [-0.3, -0.25) is 19.4 Å². The van der Waals surface area contributed by atoms with Gasteiger partial charge in [0.2, 0.25) is 0 Å². The summed E-state index contributed by atoms with van der Waals surface area (Å²) in [5.41, 5.74) is 2.20. The molecular weight excluding hydrogens is 887 g/mol. The molecular formula is C60H113N5O6. The highest BCUT2D eigenvalue weighted by atomic mass is 16.5. The number of hydrogen-bond donors (Lipinski definition) is 2. The highest BCUT2D eigenvalue weighted by Gasteiger charge is 2.13. The topological polar surface area (TPSA) is 135 Å². The van der Waals surface area contributed by atoms with Gasteiger partial charge in [-0.2, -0.15) is 0 Å². The van der Waals surface area contributed by atoms with E-state index in [9.17, 15) is 14.4 Å². The summed E-state index contributed by atoms with van der Waals surface area (Å²) in [6.07, 6.45) is 54.0. The predicted octanol–water partition coefficient (Wildman–Crippen LogP) is 15.9. The summed E-state index contributed by atoms with van der Waals surface area (Å²) in [6.45, 7) is 11.9. The van der Waals surface area contributed by atoms with Crippen molar-refractivity contribution in [2.45, 2.75) is 279 Å². The van der Waals surface area contributed by atoms with Gasteiger partial charge in [-0.15, -0.1) is 0 Å². The second-order valence-corrected chi connectivity index (χ2v) is 19.9. The minimum atomic E-state index is -0.150. The Bertz CT molecular complexity index is 1310. The van der Waals surface area contributed by atoms with Crippen LogP contribution in [0.4, 0.5) is 0 Å². The fraction of sp³-hybridized carbons (Fsp3) is 0.850. The maximum Gasteiger partial charge on any atom is 0.307 e. The van der Waals surface area contributed by atoms with Crippen LogP contribution < -0.4 is 5.32 Å². The van der Waals surface area contributed by atoms with Gasteiger partial charge in [0.15, 0.2) is 0 Å². The minimum Gasteiger partial charge on any atom is -0.466 e. The molecule has 0 spiro atoms. The number of carbonyl (C=O) groups is 3. The summed E-state index contributed by atoms with van der Waals surface area (Å²) >= 11 is 0. The Morgan fingerprint density at radius 3 is 1.24 bits per heavy atom. The number of esters is 3. The normalized spacial score (nSPS) is 11.9. The molecule has 0 aromatic carbocycles. The molecule has 0 unspecified atom stereocenters. The first-order valence-corrected chi connectivity index (χ1v) is 29.6. The van der Waals surface area contributed by atoms with Crippen LogP contribution in [0.25, 0.3) is 0 Å². The van der Waals surface area contributed by atoms with Gasteiger partial charge < -0.3 is 29.4 Å². The van der Waals surface area contributed by atoms with Crippen LogP contribution in [0.5, 0.6) is 0 Å². The number of aromatic nitrogens is 2. The first-order chi connectivity index (χ1) is 34.5. The second kappa shape index (κ2) is 54.7. The zero-order valence-electron chi connectivity index (χ0n) is 45.8. The smallest absolute Gasteiger partial charge is 0.307 e. The number of H-pyrrole nitrogens is 1. The van der Waals surface area contributed by atoms with E-state index in [2.05, 4.69) is 52.0 Å². The average Bonchev–Trinajstić information content (AvgIpc) is 4.10. The van der Waals surface area contributed by atoms with Crippen LogP contribution in [0.1, 0.15) is 278 Å². The van der Waals surface area contributed by atoms with Gasteiger partial charge in [0.1, 0.15) is 0 Å². The summed E-state index contributed by atoms with van der Waals surface area (Å²) in [5, 5.41) is 3.27. The van der Waals surface area contributed by atoms with Crippen molar-refractivity contribution in [1.29, 1.82) is 0 Å². The number of nitrogens with one attached hydrogen (secondary N) is 2. The van der Waals surface area contributed by atoms with Crippen molar-refractivity contribution in [3.63, 3.8) is 0 Å². The first kappa shape index (κ1) is 68.0. The number of imidazole rings is 1. The largest absolute Gasteiger partial charge is 0.466 e. The SMILES string of the molecule is C.CCCCCCCCCCCCCOC(=O)CCN(CCC(=O)OCCCCCCCCCCCCC)CCc1cnc[nH]1.CCCCCCCCCCCCCOC(=O)CCNCCC1=CCC=N1. The third kappa shape index (κ3) is 49.0. The van der Waals surface area contributed by atoms with Gasteiger partial charge >= 0.3 is 17.9 Å². The molecule has 1 aromatic rings. The molecule has 0 atom stereocenters. The van der Waals surface area contributed by atoms with Crippen LogP contribution in [-0.2, 0) is 35.0 Å². The fourth-order valence-corrected chi connectivity index (χ4v) is 8.72. The lowest BCUT2D eigenvalue weighted by atomic mass is 10.1. The van der Waals surface area contributed by atoms with Crippen LogP contribution in [0, 0.1) is 0 Å². The van der Waals surface area contributed by atoms with E-state index in [1.165, 1.54) is 180 Å². The zero-order chi connectivity index (χ0) is 50.5. The lowest BCUT2D eigenvalue weighted by Gasteiger charge is -2.21. The Labute approximate surface area is 437 Å². The summed E-state index contributed by atoms with van der Waals surface area (Å²) in [5.74, 6) is -0.381. The van der Waals surface area contributed by atoms with E-state index in [1.807, 2.05) is 12.4 Å². The van der Waals surface area contributed by atoms with Crippen LogP contribution in [0.15, 0.2) is 29.3 Å². The lowest BCUT2D eigenvalue weighted by molar-refractivity contribution is -0.145. The number of allylic oxidation sites excluding steroid dienone is 1. The molecule has 1 aromatic heterocycles. The average molecular weight is 1000 g/mol. The number of aromatic amines is 1. The van der Waals surface area contributed by atoms with E-state index in [4.69, 9.17) is 14.2 Å². The maximum absolute atomic E-state index is 12.4. The quantitative estimate of drug-likeness (QED) is 0.0371. The Morgan fingerprint density at radius 2 is 0.887 bits per heavy atom. The van der Waals surface area contributed by atoms with Gasteiger partial charge in [-0.05, 0) is 19.3 Å². The molecule has 2 N–H and O–H groups in total. The number of rotatable bonds is 51. The van der Waals surface area contributed by atoms with Crippen molar-refractivity contribution in [2.24, 2.45) is 4.99 Å². The maximum atomic E-state index is 12.4. The lowest BCUT2D eigenvalue weighted by Crippen LogP contribution is -2.31. The summed E-state index contributed by atoms with van der Waals surface area (Å²) in [6, 6.07) is 0. The summed E-state index contributed by atoms with van der Waals surface area (Å²) < 4.78 is 16.3. The minimum absolute atomic E-state index is 0. The number of ether oxygens (including phenoxy) is 3. The Hall–Kier alpha value is -3.05. The number of hydrogen-bond acceptors (Lipinski definition) is 10. The van der Waals surface area contributed by atoms with Gasteiger partial charge in [0, 0.05) is 75.8 Å². The molecule has 0 bridgehead atoms. The molecule has 414 valence electrons. The van der Waals surface area contributed by atoms with Crippen LogP contribution >= 0.6 is 0 Å². The molecule has 0 fully saturated rings. The van der Waals surface area contributed by atoms with Crippen molar-refractivity contribution >= 4 is 24.1 Å². The molecule has 11 heteroatoms. The Kier molecular flexibility index (Phi) is 52.4.